The lowest BCUT2D eigenvalue weighted by Crippen LogP contribution is -2.35. The second-order valence-electron chi connectivity index (χ2n) is 6.86. The quantitative estimate of drug-likeness (QED) is 0.701. The lowest BCUT2D eigenvalue weighted by molar-refractivity contribution is -0.119. The maximum absolute atomic E-state index is 12.7. The number of nitrogens with one attached hydrogen (secondary N) is 1. The summed E-state index contributed by atoms with van der Waals surface area (Å²) in [6, 6.07) is 9.51. The Labute approximate surface area is 172 Å². The molecular formula is C21H21N5O2S. The second-order valence-corrected chi connectivity index (χ2v) is 7.86. The summed E-state index contributed by atoms with van der Waals surface area (Å²) in [5.74, 6) is 0.494. The van der Waals surface area contributed by atoms with Gasteiger partial charge in [-0.2, -0.15) is 0 Å². The van der Waals surface area contributed by atoms with Gasteiger partial charge in [0.15, 0.2) is 10.8 Å². The smallest absolute Gasteiger partial charge is 0.263 e. The zero-order valence-corrected chi connectivity index (χ0v) is 16.9. The predicted molar refractivity (Wildman–Crippen MR) is 112 cm³/mol. The minimum absolute atomic E-state index is 0.161. The number of anilines is 1. The first kappa shape index (κ1) is 19.2. The third-order valence-corrected chi connectivity index (χ3v) is 5.91. The van der Waals surface area contributed by atoms with Crippen molar-refractivity contribution in [1.29, 1.82) is 0 Å². The van der Waals surface area contributed by atoms with Crippen molar-refractivity contribution in [2.75, 3.05) is 11.4 Å². The first-order valence-electron chi connectivity index (χ1n) is 9.54. The van der Waals surface area contributed by atoms with Crippen molar-refractivity contribution in [2.24, 2.45) is 0 Å². The monoisotopic (exact) mass is 407 g/mol. The molecule has 29 heavy (non-hydrogen) atoms. The molecule has 8 heteroatoms. The van der Waals surface area contributed by atoms with E-state index < -0.39 is 0 Å². The summed E-state index contributed by atoms with van der Waals surface area (Å²) in [4.78, 5) is 40.0. The number of carbonyl (C=O) groups is 2. The molecule has 0 spiro atoms. The molecule has 1 N–H and O–H groups in total. The number of piperidine rings is 1. The van der Waals surface area contributed by atoms with Crippen LogP contribution in [-0.4, -0.2) is 33.3 Å². The molecule has 1 saturated heterocycles. The lowest BCUT2D eigenvalue weighted by atomic mass is 10.1. The molecule has 2 aromatic heterocycles. The first-order valence-corrected chi connectivity index (χ1v) is 10.4. The standard InChI is InChI=1S/C21H21N5O2S/c1-14-18(29-21(25-14)19-22-9-5-10-23-19)20(28)24-13-15-6-4-7-16(12-15)26-11-3-2-8-17(26)27/h4-7,9-10,12H,2-3,8,11,13H2,1H3,(H,24,28). The van der Waals surface area contributed by atoms with E-state index in [1.54, 1.807) is 25.4 Å². The molecule has 1 aromatic carbocycles. The zero-order valence-electron chi connectivity index (χ0n) is 16.1. The molecular weight excluding hydrogens is 386 g/mol. The Hall–Kier alpha value is -3.13. The molecule has 7 nitrogen and oxygen atoms in total. The number of amides is 2. The van der Waals surface area contributed by atoms with Gasteiger partial charge < -0.3 is 10.2 Å². The van der Waals surface area contributed by atoms with Crippen LogP contribution in [0.2, 0.25) is 0 Å². The number of aryl methyl sites for hydroxylation is 1. The van der Waals surface area contributed by atoms with Crippen molar-refractivity contribution in [3.63, 3.8) is 0 Å². The summed E-state index contributed by atoms with van der Waals surface area (Å²) in [6.07, 6.45) is 5.87. The van der Waals surface area contributed by atoms with Crippen molar-refractivity contribution in [3.8, 4) is 10.8 Å². The molecule has 0 bridgehead atoms. The van der Waals surface area contributed by atoms with Crippen molar-refractivity contribution >= 4 is 28.8 Å². The van der Waals surface area contributed by atoms with Crippen LogP contribution in [0.15, 0.2) is 42.7 Å². The number of hydrogen-bond acceptors (Lipinski definition) is 6. The van der Waals surface area contributed by atoms with E-state index >= 15 is 0 Å². The third kappa shape index (κ3) is 4.32. The van der Waals surface area contributed by atoms with Gasteiger partial charge in [-0.15, -0.1) is 11.3 Å². The molecule has 2 amide bonds. The van der Waals surface area contributed by atoms with E-state index in [9.17, 15) is 9.59 Å². The van der Waals surface area contributed by atoms with E-state index in [1.165, 1.54) is 11.3 Å². The molecule has 3 aromatic rings. The van der Waals surface area contributed by atoms with Crippen LogP contribution < -0.4 is 10.2 Å². The van der Waals surface area contributed by atoms with Gasteiger partial charge in [0.05, 0.1) is 5.69 Å². The average Bonchev–Trinajstić information content (AvgIpc) is 3.15. The number of aromatic nitrogens is 3. The van der Waals surface area contributed by atoms with Gasteiger partial charge in [0, 0.05) is 37.6 Å². The van der Waals surface area contributed by atoms with Crippen LogP contribution in [0.4, 0.5) is 5.69 Å². The van der Waals surface area contributed by atoms with Gasteiger partial charge in [0.25, 0.3) is 5.91 Å². The summed E-state index contributed by atoms with van der Waals surface area (Å²) in [5.41, 5.74) is 2.49. The molecule has 0 aliphatic carbocycles. The fourth-order valence-corrected chi connectivity index (χ4v) is 4.22. The number of nitrogens with zero attached hydrogens (tertiary/aromatic N) is 4. The largest absolute Gasteiger partial charge is 0.347 e. The Kier molecular flexibility index (Phi) is 5.62. The van der Waals surface area contributed by atoms with Crippen molar-refractivity contribution in [3.05, 3.63) is 58.9 Å². The van der Waals surface area contributed by atoms with E-state index in [2.05, 4.69) is 20.3 Å². The van der Waals surface area contributed by atoms with Crippen molar-refractivity contribution in [2.45, 2.75) is 32.7 Å². The van der Waals surface area contributed by atoms with Crippen LogP contribution in [0.5, 0.6) is 0 Å². The van der Waals surface area contributed by atoms with E-state index in [4.69, 9.17) is 0 Å². The Morgan fingerprint density at radius 3 is 2.83 bits per heavy atom. The molecule has 1 aliphatic heterocycles. The molecule has 3 heterocycles. The molecule has 1 fully saturated rings. The van der Waals surface area contributed by atoms with E-state index in [1.807, 2.05) is 29.2 Å². The summed E-state index contributed by atoms with van der Waals surface area (Å²) < 4.78 is 0. The molecule has 4 rings (SSSR count). The highest BCUT2D eigenvalue weighted by Gasteiger charge is 2.20. The average molecular weight is 407 g/mol. The minimum Gasteiger partial charge on any atom is -0.347 e. The number of benzene rings is 1. The zero-order chi connectivity index (χ0) is 20.2. The van der Waals surface area contributed by atoms with E-state index in [0.717, 1.165) is 30.6 Å². The maximum Gasteiger partial charge on any atom is 0.263 e. The Balaban J connectivity index is 1.44. The molecule has 0 unspecified atom stereocenters. The minimum atomic E-state index is -0.179. The summed E-state index contributed by atoms with van der Waals surface area (Å²) >= 11 is 1.28. The van der Waals surface area contributed by atoms with Crippen LogP contribution in [0.3, 0.4) is 0 Å². The highest BCUT2D eigenvalue weighted by atomic mass is 32.1. The topological polar surface area (TPSA) is 88.1 Å². The van der Waals surface area contributed by atoms with Crippen LogP contribution in [0.1, 0.15) is 40.2 Å². The van der Waals surface area contributed by atoms with Gasteiger partial charge in [-0.3, -0.25) is 9.59 Å². The van der Waals surface area contributed by atoms with Gasteiger partial charge in [-0.05, 0) is 43.5 Å². The lowest BCUT2D eigenvalue weighted by Gasteiger charge is -2.27. The van der Waals surface area contributed by atoms with Crippen molar-refractivity contribution < 1.29 is 9.59 Å². The number of hydrogen-bond donors (Lipinski definition) is 1. The second kappa shape index (κ2) is 8.48. The van der Waals surface area contributed by atoms with Gasteiger partial charge in [-0.1, -0.05) is 12.1 Å². The number of carbonyl (C=O) groups excluding carboxylic acids is 2. The van der Waals surface area contributed by atoms with Gasteiger partial charge >= 0.3 is 0 Å². The highest BCUT2D eigenvalue weighted by molar-refractivity contribution is 7.17. The Morgan fingerprint density at radius 2 is 2.03 bits per heavy atom. The fraction of sp³-hybridized carbons (Fsp3) is 0.286. The molecule has 0 atom stereocenters. The van der Waals surface area contributed by atoms with Crippen LogP contribution in [-0.2, 0) is 11.3 Å². The Bertz CT molecular complexity index is 1030. The third-order valence-electron chi connectivity index (χ3n) is 4.76. The molecule has 0 radical (unpaired) electrons. The molecule has 0 saturated carbocycles. The summed E-state index contributed by atoms with van der Waals surface area (Å²) in [5, 5.41) is 3.57. The number of thiazole rings is 1. The fourth-order valence-electron chi connectivity index (χ4n) is 3.29. The van der Waals surface area contributed by atoms with Gasteiger partial charge in [0.1, 0.15) is 4.88 Å². The van der Waals surface area contributed by atoms with Crippen LogP contribution in [0.25, 0.3) is 10.8 Å². The SMILES string of the molecule is Cc1nc(-c2ncccn2)sc1C(=O)NCc1cccc(N2CCCCC2=O)c1. The normalized spacial score (nSPS) is 14.1. The van der Waals surface area contributed by atoms with E-state index in [-0.39, 0.29) is 11.8 Å². The molecule has 1 aliphatic rings. The van der Waals surface area contributed by atoms with Gasteiger partial charge in [0.2, 0.25) is 5.91 Å². The highest BCUT2D eigenvalue weighted by Crippen LogP contribution is 2.25. The first-order chi connectivity index (χ1) is 14.1. The maximum atomic E-state index is 12.7. The van der Waals surface area contributed by atoms with Crippen molar-refractivity contribution in [1.82, 2.24) is 20.3 Å². The van der Waals surface area contributed by atoms with Gasteiger partial charge in [-0.25, -0.2) is 15.0 Å². The summed E-state index contributed by atoms with van der Waals surface area (Å²) in [6.45, 7) is 2.93. The van der Waals surface area contributed by atoms with Crippen LogP contribution in [0, 0.1) is 6.92 Å². The molecule has 148 valence electrons. The van der Waals surface area contributed by atoms with E-state index in [0.29, 0.717) is 34.4 Å². The Morgan fingerprint density at radius 1 is 1.21 bits per heavy atom. The van der Waals surface area contributed by atoms with Crippen LogP contribution >= 0.6 is 11.3 Å². The summed E-state index contributed by atoms with van der Waals surface area (Å²) in [7, 11) is 0. The predicted octanol–water partition coefficient (Wildman–Crippen LogP) is 3.36. The number of rotatable bonds is 5.